The molecule has 1 heterocycles. The summed E-state index contributed by atoms with van der Waals surface area (Å²) in [6.07, 6.45) is 1.54. The summed E-state index contributed by atoms with van der Waals surface area (Å²) in [6.45, 7) is 1.98. The Hall–Kier alpha value is -4.70. The average molecular weight is 639 g/mol. The van der Waals surface area contributed by atoms with E-state index in [0.717, 1.165) is 21.0 Å². The zero-order valence-corrected chi connectivity index (χ0v) is 25.9. The van der Waals surface area contributed by atoms with E-state index < -0.39 is 11.8 Å². The lowest BCUT2D eigenvalue weighted by Crippen LogP contribution is -2.30. The first kappa shape index (κ1) is 30.7. The normalized spacial score (nSPS) is 11.1. The van der Waals surface area contributed by atoms with Crippen molar-refractivity contribution in [1.29, 1.82) is 0 Å². The lowest BCUT2D eigenvalue weighted by Gasteiger charge is -2.12. The number of thiazole rings is 1. The van der Waals surface area contributed by atoms with Crippen LogP contribution in [-0.2, 0) is 9.59 Å². The van der Waals surface area contributed by atoms with E-state index in [9.17, 15) is 14.4 Å². The number of hydrogen-bond acceptors (Lipinski definition) is 6. The summed E-state index contributed by atoms with van der Waals surface area (Å²) in [5, 5.41) is 9.42. The zero-order chi connectivity index (χ0) is 30.9. The van der Waals surface area contributed by atoms with Crippen LogP contribution in [0.3, 0.4) is 0 Å². The molecule has 3 amide bonds. The van der Waals surface area contributed by atoms with Gasteiger partial charge in [-0.2, -0.15) is 0 Å². The summed E-state index contributed by atoms with van der Waals surface area (Å²) in [7, 11) is 0. The minimum Gasteiger partial charge on any atom is -0.321 e. The molecule has 0 saturated heterocycles. The van der Waals surface area contributed by atoms with Gasteiger partial charge in [-0.15, -0.1) is 23.1 Å². The fourth-order valence-corrected chi connectivity index (χ4v) is 5.88. The maximum absolute atomic E-state index is 13.3. The zero-order valence-electron chi connectivity index (χ0n) is 23.5. The lowest BCUT2D eigenvalue weighted by molar-refractivity contribution is -0.114. The fraction of sp³-hybridized carbons (Fsp3) is 0.0588. The quantitative estimate of drug-likeness (QED) is 0.107. The monoisotopic (exact) mass is 638 g/mol. The van der Waals surface area contributed by atoms with Crippen LogP contribution in [0.2, 0.25) is 5.02 Å². The van der Waals surface area contributed by atoms with Gasteiger partial charge in [-0.1, -0.05) is 78.3 Å². The van der Waals surface area contributed by atoms with Gasteiger partial charge in [0.1, 0.15) is 5.70 Å². The van der Waals surface area contributed by atoms with Crippen molar-refractivity contribution in [3.63, 3.8) is 0 Å². The third-order valence-corrected chi connectivity index (χ3v) is 8.55. The van der Waals surface area contributed by atoms with Crippen LogP contribution in [0.25, 0.3) is 17.3 Å². The first-order valence-electron chi connectivity index (χ1n) is 13.6. The molecule has 10 heteroatoms. The molecule has 3 N–H and O–H groups in total. The molecule has 0 atom stereocenters. The molecule has 0 aliphatic carbocycles. The Morgan fingerprint density at radius 1 is 0.841 bits per heavy atom. The van der Waals surface area contributed by atoms with Crippen molar-refractivity contribution in [2.24, 2.45) is 0 Å². The highest BCUT2D eigenvalue weighted by Crippen LogP contribution is 2.30. The number of anilines is 2. The lowest BCUT2D eigenvalue weighted by atomic mass is 10.1. The molecule has 220 valence electrons. The number of nitrogens with zero attached hydrogens (tertiary/aromatic N) is 1. The Labute approximate surface area is 268 Å². The molecule has 0 aliphatic heterocycles. The summed E-state index contributed by atoms with van der Waals surface area (Å²) >= 11 is 9.12. The van der Waals surface area contributed by atoms with Gasteiger partial charge in [-0.3, -0.25) is 14.4 Å². The minimum atomic E-state index is -0.511. The van der Waals surface area contributed by atoms with E-state index >= 15 is 0 Å². The van der Waals surface area contributed by atoms with Crippen LogP contribution in [0.1, 0.15) is 20.8 Å². The van der Waals surface area contributed by atoms with Crippen LogP contribution in [0.4, 0.5) is 10.8 Å². The van der Waals surface area contributed by atoms with Crippen molar-refractivity contribution < 1.29 is 14.4 Å². The van der Waals surface area contributed by atoms with Gasteiger partial charge in [-0.25, -0.2) is 4.98 Å². The van der Waals surface area contributed by atoms with Gasteiger partial charge in [0.25, 0.3) is 11.8 Å². The molecule has 4 aromatic carbocycles. The van der Waals surface area contributed by atoms with Crippen molar-refractivity contribution in [2.45, 2.75) is 11.8 Å². The topological polar surface area (TPSA) is 100 Å². The number of aryl methyl sites for hydroxylation is 1. The highest BCUT2D eigenvalue weighted by molar-refractivity contribution is 8.00. The molecular weight excluding hydrogens is 612 g/mol. The van der Waals surface area contributed by atoms with E-state index in [1.54, 1.807) is 60.7 Å². The number of halogens is 1. The SMILES string of the molecule is Cc1sc(NC(=O)CSc2ccc(NC(=O)/C(=C/c3ccccc3Cl)NC(=O)c3ccccc3)cc2)nc1-c1ccccc1. The number of thioether (sulfide) groups is 1. The molecule has 0 fully saturated rings. The number of nitrogens with one attached hydrogen (secondary N) is 3. The molecule has 0 bridgehead atoms. The maximum atomic E-state index is 13.3. The predicted molar refractivity (Wildman–Crippen MR) is 180 cm³/mol. The number of carbonyl (C=O) groups is 3. The van der Waals surface area contributed by atoms with Gasteiger partial charge < -0.3 is 16.0 Å². The molecule has 0 spiro atoms. The summed E-state index contributed by atoms with van der Waals surface area (Å²) < 4.78 is 0. The number of benzene rings is 4. The van der Waals surface area contributed by atoms with Crippen molar-refractivity contribution in [1.82, 2.24) is 10.3 Å². The van der Waals surface area contributed by atoms with Gasteiger partial charge in [0.2, 0.25) is 5.91 Å². The largest absolute Gasteiger partial charge is 0.321 e. The fourth-order valence-electron chi connectivity index (χ4n) is 4.14. The number of hydrogen-bond donors (Lipinski definition) is 3. The Balaban J connectivity index is 1.20. The summed E-state index contributed by atoms with van der Waals surface area (Å²) in [5.41, 5.74) is 3.43. The molecule has 5 aromatic rings. The molecule has 7 nitrogen and oxygen atoms in total. The summed E-state index contributed by atoms with van der Waals surface area (Å²) in [6, 6.07) is 32.6. The number of amides is 3. The molecule has 44 heavy (non-hydrogen) atoms. The van der Waals surface area contributed by atoms with E-state index in [0.29, 0.717) is 27.0 Å². The molecule has 0 aliphatic rings. The van der Waals surface area contributed by atoms with E-state index in [-0.39, 0.29) is 17.4 Å². The molecule has 1 aromatic heterocycles. The first-order valence-corrected chi connectivity index (χ1v) is 15.7. The standard InChI is InChI=1S/C34H27ClN4O3S2/c1-22-31(23-10-4-2-5-11-23)39-34(44-22)38-30(40)21-43-27-18-16-26(17-19-27)36-33(42)29(20-25-14-8-9-15-28(25)35)37-32(41)24-12-6-3-7-13-24/h2-20H,21H2,1H3,(H,36,42)(H,37,41)(H,38,39,40)/b29-20-. The van der Waals surface area contributed by atoms with E-state index in [1.165, 1.54) is 29.2 Å². The van der Waals surface area contributed by atoms with E-state index in [2.05, 4.69) is 20.9 Å². The Morgan fingerprint density at radius 3 is 2.20 bits per heavy atom. The van der Waals surface area contributed by atoms with Crippen LogP contribution in [0.5, 0.6) is 0 Å². The Kier molecular flexibility index (Phi) is 10.2. The minimum absolute atomic E-state index is 0.0370. The van der Waals surface area contributed by atoms with Crippen LogP contribution < -0.4 is 16.0 Å². The second kappa shape index (κ2) is 14.7. The van der Waals surface area contributed by atoms with Crippen molar-refractivity contribution >= 4 is 69.3 Å². The highest BCUT2D eigenvalue weighted by Gasteiger charge is 2.16. The molecule has 0 radical (unpaired) electrons. The van der Waals surface area contributed by atoms with Crippen molar-refractivity contribution in [3.05, 3.63) is 136 Å². The summed E-state index contributed by atoms with van der Waals surface area (Å²) in [5.74, 6) is -0.901. The van der Waals surface area contributed by atoms with Crippen molar-refractivity contribution in [3.8, 4) is 11.3 Å². The first-order chi connectivity index (χ1) is 21.4. The smallest absolute Gasteiger partial charge is 0.272 e. The summed E-state index contributed by atoms with van der Waals surface area (Å²) in [4.78, 5) is 45.2. The van der Waals surface area contributed by atoms with Gasteiger partial charge in [0.05, 0.1) is 11.4 Å². The molecule has 0 saturated carbocycles. The second-order valence-electron chi connectivity index (χ2n) is 9.50. The van der Waals surface area contributed by atoms with E-state index in [4.69, 9.17) is 11.6 Å². The van der Waals surface area contributed by atoms with Crippen molar-refractivity contribution in [2.75, 3.05) is 16.4 Å². The van der Waals surface area contributed by atoms with Gasteiger partial charge in [-0.05, 0) is 61.0 Å². The highest BCUT2D eigenvalue weighted by atomic mass is 35.5. The van der Waals surface area contributed by atoms with Crippen LogP contribution in [-0.4, -0.2) is 28.5 Å². The average Bonchev–Trinajstić information content (AvgIpc) is 3.41. The van der Waals surface area contributed by atoms with Gasteiger partial charge in [0, 0.05) is 31.6 Å². The predicted octanol–water partition coefficient (Wildman–Crippen LogP) is 7.91. The molecule has 0 unspecified atom stereocenters. The van der Waals surface area contributed by atoms with Crippen LogP contribution in [0, 0.1) is 6.92 Å². The third-order valence-electron chi connectivity index (χ3n) is 6.31. The van der Waals surface area contributed by atoms with Gasteiger partial charge in [0.15, 0.2) is 5.13 Å². The molecular formula is C34H27ClN4O3S2. The van der Waals surface area contributed by atoms with Crippen LogP contribution >= 0.6 is 34.7 Å². The number of carbonyl (C=O) groups excluding carboxylic acids is 3. The third kappa shape index (κ3) is 8.23. The van der Waals surface area contributed by atoms with Gasteiger partial charge >= 0.3 is 0 Å². The van der Waals surface area contributed by atoms with E-state index in [1.807, 2.05) is 55.5 Å². The number of rotatable bonds is 10. The maximum Gasteiger partial charge on any atom is 0.272 e. The second-order valence-corrected chi connectivity index (χ2v) is 12.2. The Bertz CT molecular complexity index is 1810. The molecule has 5 rings (SSSR count). The van der Waals surface area contributed by atoms with Crippen LogP contribution in [0.15, 0.2) is 120 Å². The Morgan fingerprint density at radius 2 is 1.50 bits per heavy atom. The number of aromatic nitrogens is 1.